The predicted molar refractivity (Wildman–Crippen MR) is 140 cm³/mol. The van der Waals surface area contributed by atoms with Crippen LogP contribution in [0.25, 0.3) is 10.9 Å². The molecule has 2 fully saturated rings. The third-order valence-corrected chi connectivity index (χ3v) is 7.27. The number of benzene rings is 1. The first kappa shape index (κ1) is 25.6. The Bertz CT molecular complexity index is 1450. The van der Waals surface area contributed by atoms with Gasteiger partial charge in [0, 0.05) is 17.1 Å². The summed E-state index contributed by atoms with van der Waals surface area (Å²) in [5.74, 6) is -1.44. The second-order valence-corrected chi connectivity index (χ2v) is 10.1. The summed E-state index contributed by atoms with van der Waals surface area (Å²) in [6.45, 7) is 1.36. The van der Waals surface area contributed by atoms with Crippen LogP contribution in [0, 0.1) is 5.92 Å². The Morgan fingerprint density at radius 1 is 1.16 bits per heavy atom. The number of anilines is 2. The molecule has 2 aliphatic rings. The minimum atomic E-state index is -0.775. The van der Waals surface area contributed by atoms with Crippen molar-refractivity contribution in [2.75, 3.05) is 10.6 Å². The summed E-state index contributed by atoms with van der Waals surface area (Å²) < 4.78 is 1.40. The molecule has 12 nitrogen and oxygen atoms in total. The zero-order valence-electron chi connectivity index (χ0n) is 20.6. The molecule has 0 radical (unpaired) electrons. The summed E-state index contributed by atoms with van der Waals surface area (Å²) in [7, 11) is 0. The van der Waals surface area contributed by atoms with Gasteiger partial charge in [-0.25, -0.2) is 4.98 Å². The maximum Gasteiger partial charge on any atom is 0.269 e. The van der Waals surface area contributed by atoms with Gasteiger partial charge in [-0.15, -0.1) is 0 Å². The van der Waals surface area contributed by atoms with E-state index in [2.05, 4.69) is 20.7 Å². The highest BCUT2D eigenvalue weighted by Crippen LogP contribution is 2.43. The lowest BCUT2D eigenvalue weighted by molar-refractivity contribution is -0.141. The zero-order chi connectivity index (χ0) is 27.1. The number of amides is 4. The van der Waals surface area contributed by atoms with E-state index in [4.69, 9.17) is 23.1 Å². The fourth-order valence-electron chi connectivity index (χ4n) is 5.39. The first-order valence-corrected chi connectivity index (χ1v) is 12.6. The molecule has 3 heterocycles. The number of hydrogen-bond acceptors (Lipinski definition) is 7. The van der Waals surface area contributed by atoms with Crippen molar-refractivity contribution in [3.8, 4) is 0 Å². The van der Waals surface area contributed by atoms with Gasteiger partial charge in [0.2, 0.25) is 17.7 Å². The van der Waals surface area contributed by atoms with E-state index in [1.165, 1.54) is 4.68 Å². The zero-order valence-corrected chi connectivity index (χ0v) is 21.3. The molecule has 4 amide bonds. The molecule has 13 heteroatoms. The molecule has 1 aliphatic heterocycles. The minimum absolute atomic E-state index is 0.0334. The van der Waals surface area contributed by atoms with Crippen LogP contribution in [0.15, 0.2) is 36.4 Å². The van der Waals surface area contributed by atoms with Crippen molar-refractivity contribution >= 4 is 57.6 Å². The molecule has 2 bridgehead atoms. The number of fused-ring (bicyclic) bond motifs is 3. The molecule has 0 spiro atoms. The fourth-order valence-corrected chi connectivity index (χ4v) is 5.55. The fraction of sp³-hybridized carbons (Fsp3) is 0.360. The van der Waals surface area contributed by atoms with Crippen molar-refractivity contribution < 1.29 is 19.2 Å². The molecule has 38 heavy (non-hydrogen) atoms. The summed E-state index contributed by atoms with van der Waals surface area (Å²) in [5, 5.41) is 10.4. The van der Waals surface area contributed by atoms with Gasteiger partial charge in [-0.1, -0.05) is 17.7 Å². The molecule has 3 aromatic rings. The molecule has 1 aromatic carbocycles. The monoisotopic (exact) mass is 538 g/mol. The van der Waals surface area contributed by atoms with E-state index in [0.717, 1.165) is 19.3 Å². The second kappa shape index (κ2) is 10.0. The number of rotatable bonds is 7. The lowest BCUT2D eigenvalue weighted by Gasteiger charge is -2.34. The molecule has 198 valence electrons. The van der Waals surface area contributed by atoms with Crippen LogP contribution >= 0.6 is 11.6 Å². The standard InChI is InChI=1S/C25H27ClN8O4/c1-12(27)24(37)29-14-6-8-17-16(10-14)21(23(28)36)32-33(17)11-20(35)34-15-7-5-13(9-15)22(34)25(38)31-19-4-2-3-18(26)30-19/h2-4,6,8,10,12-13,15,22H,5,7,9,11,27H2,1H3,(H2,28,36)(H,29,37)(H,30,31,38)/t12-,13+,15-,22+/m1/s1. The van der Waals surface area contributed by atoms with Crippen molar-refractivity contribution in [1.82, 2.24) is 19.7 Å². The van der Waals surface area contributed by atoms with Crippen LogP contribution in [0.5, 0.6) is 0 Å². The molecular weight excluding hydrogens is 512 g/mol. The number of likely N-dealkylation sites (tertiary alicyclic amines) is 1. The quantitative estimate of drug-likeness (QED) is 0.329. The summed E-state index contributed by atoms with van der Waals surface area (Å²) in [5.41, 5.74) is 12.0. The Morgan fingerprint density at radius 2 is 1.95 bits per heavy atom. The third kappa shape index (κ3) is 4.79. The van der Waals surface area contributed by atoms with Crippen molar-refractivity contribution in [2.24, 2.45) is 17.4 Å². The van der Waals surface area contributed by atoms with Crippen molar-refractivity contribution in [3.63, 3.8) is 0 Å². The van der Waals surface area contributed by atoms with E-state index >= 15 is 0 Å². The van der Waals surface area contributed by atoms with E-state index in [1.807, 2.05) is 0 Å². The first-order chi connectivity index (χ1) is 18.1. The van der Waals surface area contributed by atoms with Gasteiger partial charge in [0.05, 0.1) is 11.6 Å². The normalized spacial score (nSPS) is 20.9. The minimum Gasteiger partial charge on any atom is -0.364 e. The molecule has 4 atom stereocenters. The number of hydrogen-bond donors (Lipinski definition) is 4. The molecule has 6 N–H and O–H groups in total. The molecule has 1 saturated carbocycles. The average molecular weight is 539 g/mol. The summed E-state index contributed by atoms with van der Waals surface area (Å²) in [4.78, 5) is 56.7. The van der Waals surface area contributed by atoms with Crippen LogP contribution in [0.2, 0.25) is 5.15 Å². The van der Waals surface area contributed by atoms with Gasteiger partial charge in [0.25, 0.3) is 5.91 Å². The Morgan fingerprint density at radius 3 is 2.66 bits per heavy atom. The van der Waals surface area contributed by atoms with Crippen molar-refractivity contribution in [2.45, 2.75) is 50.9 Å². The highest BCUT2D eigenvalue weighted by atomic mass is 35.5. The maximum atomic E-state index is 13.6. The number of nitrogens with one attached hydrogen (secondary N) is 2. The lowest BCUT2D eigenvalue weighted by atomic mass is 9.97. The Balaban J connectivity index is 1.40. The molecule has 0 unspecified atom stereocenters. The van der Waals surface area contributed by atoms with Gasteiger partial charge in [0.15, 0.2) is 5.69 Å². The highest BCUT2D eigenvalue weighted by Gasteiger charge is 2.51. The van der Waals surface area contributed by atoms with E-state index in [9.17, 15) is 19.2 Å². The molecule has 2 aromatic heterocycles. The van der Waals surface area contributed by atoms with Crippen LogP contribution in [0.3, 0.4) is 0 Å². The summed E-state index contributed by atoms with van der Waals surface area (Å²) in [6.07, 6.45) is 2.40. The number of nitrogens with two attached hydrogens (primary N) is 2. The topological polar surface area (TPSA) is 178 Å². The largest absolute Gasteiger partial charge is 0.364 e. The van der Waals surface area contributed by atoms with E-state index in [-0.39, 0.29) is 41.2 Å². The van der Waals surface area contributed by atoms with Crippen LogP contribution in [0.1, 0.15) is 36.7 Å². The van der Waals surface area contributed by atoms with Crippen LogP contribution in [-0.4, -0.2) is 61.4 Å². The third-order valence-electron chi connectivity index (χ3n) is 7.06. The number of primary amides is 1. The van der Waals surface area contributed by atoms with Gasteiger partial charge >= 0.3 is 0 Å². The Kier molecular flexibility index (Phi) is 6.76. The number of aromatic nitrogens is 3. The smallest absolute Gasteiger partial charge is 0.269 e. The van der Waals surface area contributed by atoms with Crippen molar-refractivity contribution in [3.05, 3.63) is 47.2 Å². The predicted octanol–water partition coefficient (Wildman–Crippen LogP) is 1.49. The van der Waals surface area contributed by atoms with Gasteiger partial charge in [-0.05, 0) is 62.4 Å². The van der Waals surface area contributed by atoms with Crippen molar-refractivity contribution in [1.29, 1.82) is 0 Å². The molecular formula is C25H27ClN8O4. The molecule has 1 aliphatic carbocycles. The number of nitrogens with zero attached hydrogens (tertiary/aromatic N) is 4. The van der Waals surface area contributed by atoms with Crippen LogP contribution < -0.4 is 22.1 Å². The molecule has 5 rings (SSSR count). The number of pyridine rings is 1. The Hall–Kier alpha value is -4.03. The van der Waals surface area contributed by atoms with Crippen LogP contribution in [0.4, 0.5) is 11.5 Å². The number of carbonyl (C=O) groups excluding carboxylic acids is 4. The maximum absolute atomic E-state index is 13.6. The first-order valence-electron chi connectivity index (χ1n) is 12.2. The highest BCUT2D eigenvalue weighted by molar-refractivity contribution is 6.29. The van der Waals surface area contributed by atoms with Gasteiger partial charge in [0.1, 0.15) is 23.6 Å². The second-order valence-electron chi connectivity index (χ2n) is 9.69. The number of halogens is 1. The van der Waals surface area contributed by atoms with Gasteiger partial charge in [-0.2, -0.15) is 5.10 Å². The van der Waals surface area contributed by atoms with Gasteiger partial charge < -0.3 is 27.0 Å². The van der Waals surface area contributed by atoms with Crippen LogP contribution in [-0.2, 0) is 20.9 Å². The van der Waals surface area contributed by atoms with E-state index in [0.29, 0.717) is 22.4 Å². The Labute approximate surface area is 222 Å². The summed E-state index contributed by atoms with van der Waals surface area (Å²) >= 11 is 5.94. The average Bonchev–Trinajstić information content (AvgIpc) is 3.57. The SMILES string of the molecule is C[C@@H](N)C(=O)Nc1ccc2c(c1)c(C(N)=O)nn2CC(=O)N1[C@@H]2CC[C@@H](C2)[C@H]1C(=O)Nc1cccc(Cl)n1. The van der Waals surface area contributed by atoms with E-state index < -0.39 is 23.9 Å². The van der Waals surface area contributed by atoms with Gasteiger partial charge in [-0.3, -0.25) is 23.9 Å². The lowest BCUT2D eigenvalue weighted by Crippen LogP contribution is -2.52. The number of piperidine rings is 1. The molecule has 1 saturated heterocycles. The summed E-state index contributed by atoms with van der Waals surface area (Å²) in [6, 6.07) is 8.32. The number of carbonyl (C=O) groups is 4. The van der Waals surface area contributed by atoms with E-state index in [1.54, 1.807) is 48.2 Å².